The standard InChI is InChI=1S/C26H25N3O3/c1-2-17-27-24(30)21-15-9-10-16-23(21)29-26(32)25(31)28-18-22(19-11-5-3-6-12-19)20-13-7-4-8-14-20/h2-16,22H,1,17-18H2,(H,27,30)(H,28,31)(H,29,32). The maximum absolute atomic E-state index is 12.5. The number of hydrogen-bond acceptors (Lipinski definition) is 3. The molecule has 3 aromatic rings. The van der Waals surface area contributed by atoms with E-state index < -0.39 is 11.8 Å². The van der Waals surface area contributed by atoms with Crippen molar-refractivity contribution in [3.05, 3.63) is 114 Å². The number of benzene rings is 3. The Bertz CT molecular complexity index is 1040. The molecule has 0 saturated carbocycles. The van der Waals surface area contributed by atoms with E-state index in [9.17, 15) is 14.4 Å². The first-order valence-electron chi connectivity index (χ1n) is 10.3. The van der Waals surface area contributed by atoms with Gasteiger partial charge < -0.3 is 16.0 Å². The summed E-state index contributed by atoms with van der Waals surface area (Å²) in [7, 11) is 0. The number of para-hydroxylation sites is 1. The van der Waals surface area contributed by atoms with Gasteiger partial charge in [-0.1, -0.05) is 78.9 Å². The van der Waals surface area contributed by atoms with E-state index in [-0.39, 0.29) is 29.6 Å². The van der Waals surface area contributed by atoms with Crippen LogP contribution in [0.1, 0.15) is 27.4 Å². The van der Waals surface area contributed by atoms with Crippen LogP contribution < -0.4 is 16.0 Å². The Morgan fingerprint density at radius 2 is 1.31 bits per heavy atom. The molecule has 0 spiro atoms. The number of hydrogen-bond donors (Lipinski definition) is 3. The van der Waals surface area contributed by atoms with Gasteiger partial charge in [0.05, 0.1) is 11.3 Å². The van der Waals surface area contributed by atoms with Crippen LogP contribution in [0.15, 0.2) is 97.6 Å². The van der Waals surface area contributed by atoms with Crippen molar-refractivity contribution in [2.75, 3.05) is 18.4 Å². The molecule has 0 aliphatic heterocycles. The minimum absolute atomic E-state index is 0.105. The molecule has 0 radical (unpaired) electrons. The molecule has 0 unspecified atom stereocenters. The molecule has 0 aromatic heterocycles. The zero-order valence-corrected chi connectivity index (χ0v) is 17.6. The van der Waals surface area contributed by atoms with Gasteiger partial charge in [-0.25, -0.2) is 0 Å². The summed E-state index contributed by atoms with van der Waals surface area (Å²) in [4.78, 5) is 37.3. The van der Waals surface area contributed by atoms with Crippen molar-refractivity contribution in [2.24, 2.45) is 0 Å². The van der Waals surface area contributed by atoms with E-state index >= 15 is 0 Å². The van der Waals surface area contributed by atoms with Gasteiger partial charge in [0, 0.05) is 19.0 Å². The SMILES string of the molecule is C=CCNC(=O)c1ccccc1NC(=O)C(=O)NCC(c1ccccc1)c1ccccc1. The zero-order chi connectivity index (χ0) is 22.8. The van der Waals surface area contributed by atoms with Crippen molar-refractivity contribution in [2.45, 2.75) is 5.92 Å². The topological polar surface area (TPSA) is 87.3 Å². The lowest BCUT2D eigenvalue weighted by atomic mass is 9.91. The molecule has 6 heteroatoms. The molecule has 0 aliphatic carbocycles. The summed E-state index contributed by atoms with van der Waals surface area (Å²) >= 11 is 0. The Balaban J connectivity index is 1.69. The quantitative estimate of drug-likeness (QED) is 0.380. The van der Waals surface area contributed by atoms with Crippen LogP contribution in [-0.4, -0.2) is 30.8 Å². The number of carbonyl (C=O) groups is 3. The average molecular weight is 428 g/mol. The summed E-state index contributed by atoms with van der Waals surface area (Å²) in [5.74, 6) is -2.09. The molecule has 3 rings (SSSR count). The minimum atomic E-state index is -0.839. The summed E-state index contributed by atoms with van der Waals surface area (Å²) in [5.41, 5.74) is 2.59. The van der Waals surface area contributed by atoms with E-state index in [1.54, 1.807) is 30.3 Å². The molecular formula is C26H25N3O3. The highest BCUT2D eigenvalue weighted by Crippen LogP contribution is 2.23. The monoisotopic (exact) mass is 427 g/mol. The molecule has 0 atom stereocenters. The highest BCUT2D eigenvalue weighted by Gasteiger charge is 2.20. The van der Waals surface area contributed by atoms with Crippen LogP contribution in [-0.2, 0) is 9.59 Å². The van der Waals surface area contributed by atoms with Crippen molar-refractivity contribution in [3.8, 4) is 0 Å². The second-order valence-electron chi connectivity index (χ2n) is 7.08. The van der Waals surface area contributed by atoms with Gasteiger partial charge in [0.1, 0.15) is 0 Å². The fourth-order valence-electron chi connectivity index (χ4n) is 3.30. The van der Waals surface area contributed by atoms with Crippen LogP contribution >= 0.6 is 0 Å². The van der Waals surface area contributed by atoms with Crippen molar-refractivity contribution < 1.29 is 14.4 Å². The second-order valence-corrected chi connectivity index (χ2v) is 7.08. The molecule has 0 fully saturated rings. The lowest BCUT2D eigenvalue weighted by Crippen LogP contribution is -2.38. The number of amides is 3. The zero-order valence-electron chi connectivity index (χ0n) is 17.6. The molecule has 6 nitrogen and oxygen atoms in total. The molecule has 3 N–H and O–H groups in total. The Kier molecular flexibility index (Phi) is 7.92. The fourth-order valence-corrected chi connectivity index (χ4v) is 3.30. The van der Waals surface area contributed by atoms with Gasteiger partial charge in [0.15, 0.2) is 0 Å². The van der Waals surface area contributed by atoms with Crippen molar-refractivity contribution in [3.63, 3.8) is 0 Å². The molecule has 3 aromatic carbocycles. The third-order valence-corrected chi connectivity index (χ3v) is 4.90. The van der Waals surface area contributed by atoms with E-state index in [4.69, 9.17) is 0 Å². The van der Waals surface area contributed by atoms with Crippen LogP contribution in [0, 0.1) is 0 Å². The Morgan fingerprint density at radius 3 is 1.91 bits per heavy atom. The Morgan fingerprint density at radius 1 is 0.750 bits per heavy atom. The molecular weight excluding hydrogens is 402 g/mol. The van der Waals surface area contributed by atoms with Crippen LogP contribution in [0.5, 0.6) is 0 Å². The van der Waals surface area contributed by atoms with Crippen LogP contribution in [0.2, 0.25) is 0 Å². The third kappa shape index (κ3) is 5.92. The third-order valence-electron chi connectivity index (χ3n) is 4.90. The summed E-state index contributed by atoms with van der Waals surface area (Å²) in [6.45, 7) is 4.11. The highest BCUT2D eigenvalue weighted by molar-refractivity contribution is 6.40. The van der Waals surface area contributed by atoms with Crippen molar-refractivity contribution in [1.82, 2.24) is 10.6 Å². The van der Waals surface area contributed by atoms with Gasteiger partial charge in [-0.2, -0.15) is 0 Å². The van der Waals surface area contributed by atoms with E-state index in [1.165, 1.54) is 0 Å². The van der Waals surface area contributed by atoms with Crippen LogP contribution in [0.3, 0.4) is 0 Å². The van der Waals surface area contributed by atoms with Gasteiger partial charge in [-0.3, -0.25) is 14.4 Å². The Labute approximate surface area is 187 Å². The number of anilines is 1. The minimum Gasteiger partial charge on any atom is -0.349 e. The first-order valence-corrected chi connectivity index (χ1v) is 10.3. The maximum atomic E-state index is 12.5. The first-order chi connectivity index (χ1) is 15.6. The number of rotatable bonds is 8. The van der Waals surface area contributed by atoms with Gasteiger partial charge in [0.2, 0.25) is 0 Å². The molecule has 162 valence electrons. The largest absolute Gasteiger partial charge is 0.349 e. The number of carbonyl (C=O) groups excluding carboxylic acids is 3. The van der Waals surface area contributed by atoms with Crippen molar-refractivity contribution in [1.29, 1.82) is 0 Å². The molecule has 0 aliphatic rings. The van der Waals surface area contributed by atoms with Crippen LogP contribution in [0.25, 0.3) is 0 Å². The average Bonchev–Trinajstić information content (AvgIpc) is 2.84. The van der Waals surface area contributed by atoms with E-state index in [2.05, 4.69) is 22.5 Å². The van der Waals surface area contributed by atoms with Crippen molar-refractivity contribution >= 4 is 23.4 Å². The predicted octanol–water partition coefficient (Wildman–Crippen LogP) is 3.49. The van der Waals surface area contributed by atoms with Gasteiger partial charge in [-0.05, 0) is 23.3 Å². The first kappa shape index (κ1) is 22.5. The molecule has 0 bridgehead atoms. The molecule has 0 saturated heterocycles. The summed E-state index contributed by atoms with van der Waals surface area (Å²) in [6, 6.07) is 26.1. The second kappa shape index (κ2) is 11.3. The van der Waals surface area contributed by atoms with Gasteiger partial charge in [-0.15, -0.1) is 6.58 Å². The summed E-state index contributed by atoms with van der Waals surface area (Å²) in [6.07, 6.45) is 1.56. The lowest BCUT2D eigenvalue weighted by Gasteiger charge is -2.19. The van der Waals surface area contributed by atoms with Gasteiger partial charge in [0.25, 0.3) is 5.91 Å². The Hall–Kier alpha value is -4.19. The van der Waals surface area contributed by atoms with Gasteiger partial charge >= 0.3 is 11.8 Å². The molecule has 0 heterocycles. The van der Waals surface area contributed by atoms with E-state index in [0.717, 1.165) is 11.1 Å². The fraction of sp³-hybridized carbons (Fsp3) is 0.115. The normalized spacial score (nSPS) is 10.3. The molecule has 32 heavy (non-hydrogen) atoms. The predicted molar refractivity (Wildman–Crippen MR) is 125 cm³/mol. The lowest BCUT2D eigenvalue weighted by molar-refractivity contribution is -0.136. The van der Waals surface area contributed by atoms with E-state index in [0.29, 0.717) is 6.54 Å². The molecule has 3 amide bonds. The summed E-state index contributed by atoms with van der Waals surface area (Å²) in [5, 5.41) is 7.91. The van der Waals surface area contributed by atoms with E-state index in [1.807, 2.05) is 60.7 Å². The maximum Gasteiger partial charge on any atom is 0.313 e. The number of nitrogens with one attached hydrogen (secondary N) is 3. The summed E-state index contributed by atoms with van der Waals surface area (Å²) < 4.78 is 0. The van der Waals surface area contributed by atoms with Crippen LogP contribution in [0.4, 0.5) is 5.69 Å². The smallest absolute Gasteiger partial charge is 0.313 e. The highest BCUT2D eigenvalue weighted by atomic mass is 16.2.